The predicted molar refractivity (Wildman–Crippen MR) is 70.8 cm³/mol. The van der Waals surface area contributed by atoms with Gasteiger partial charge in [-0.05, 0) is 44.5 Å². The topological polar surface area (TPSA) is 58.6 Å². The van der Waals surface area contributed by atoms with Crippen molar-refractivity contribution < 1.29 is 14.6 Å². The molecule has 4 nitrogen and oxygen atoms in total. The second kappa shape index (κ2) is 7.01. The third kappa shape index (κ3) is 4.75. The number of aliphatic hydroxyl groups is 1. The fourth-order valence-electron chi connectivity index (χ4n) is 1.34. The molecule has 4 heteroatoms. The van der Waals surface area contributed by atoms with E-state index in [1.807, 2.05) is 6.92 Å². The predicted octanol–water partition coefficient (Wildman–Crippen LogP) is 1.97. The van der Waals surface area contributed by atoms with Gasteiger partial charge in [0.2, 0.25) is 0 Å². The quantitative estimate of drug-likeness (QED) is 0.812. The number of hydrogen-bond acceptors (Lipinski definition) is 3. The maximum absolute atomic E-state index is 11.7. The monoisotopic (exact) mass is 251 g/mol. The van der Waals surface area contributed by atoms with Gasteiger partial charge in [0.1, 0.15) is 5.75 Å². The Bertz CT molecular complexity index is 373. The highest BCUT2D eigenvalue weighted by Crippen LogP contribution is 2.14. The lowest BCUT2D eigenvalue weighted by Gasteiger charge is -2.13. The summed E-state index contributed by atoms with van der Waals surface area (Å²) in [6.07, 6.45) is 0.568. The minimum absolute atomic E-state index is 0.167. The molecule has 2 atom stereocenters. The van der Waals surface area contributed by atoms with Gasteiger partial charge in [-0.2, -0.15) is 0 Å². The van der Waals surface area contributed by atoms with E-state index in [-0.39, 0.29) is 18.6 Å². The summed E-state index contributed by atoms with van der Waals surface area (Å²) in [5, 5.41) is 11.7. The van der Waals surface area contributed by atoms with Crippen LogP contribution < -0.4 is 10.1 Å². The Labute approximate surface area is 108 Å². The molecule has 0 radical (unpaired) electrons. The lowest BCUT2D eigenvalue weighted by molar-refractivity contribution is 0.0924. The summed E-state index contributed by atoms with van der Waals surface area (Å²) < 4.78 is 5.62. The molecule has 0 aliphatic rings. The van der Waals surface area contributed by atoms with Crippen LogP contribution in [0.2, 0.25) is 0 Å². The van der Waals surface area contributed by atoms with E-state index < -0.39 is 6.10 Å². The zero-order valence-corrected chi connectivity index (χ0v) is 11.1. The van der Waals surface area contributed by atoms with Crippen molar-refractivity contribution >= 4 is 5.91 Å². The number of ether oxygens (including phenoxy) is 1. The lowest BCUT2D eigenvalue weighted by atomic mass is 10.2. The van der Waals surface area contributed by atoms with Crippen molar-refractivity contribution in [1.82, 2.24) is 5.32 Å². The van der Waals surface area contributed by atoms with E-state index in [1.54, 1.807) is 31.2 Å². The minimum atomic E-state index is -0.540. The second-order valence-electron chi connectivity index (χ2n) is 4.42. The van der Waals surface area contributed by atoms with Crippen LogP contribution in [0.4, 0.5) is 0 Å². The highest BCUT2D eigenvalue weighted by Gasteiger charge is 2.07. The highest BCUT2D eigenvalue weighted by atomic mass is 16.5. The van der Waals surface area contributed by atoms with Crippen molar-refractivity contribution in [3.8, 4) is 5.75 Å². The van der Waals surface area contributed by atoms with Gasteiger partial charge in [0.25, 0.3) is 5.91 Å². The molecule has 0 aromatic heterocycles. The first kappa shape index (κ1) is 14.5. The Morgan fingerprint density at radius 1 is 1.33 bits per heavy atom. The Hall–Kier alpha value is -1.55. The van der Waals surface area contributed by atoms with Gasteiger partial charge in [0.15, 0.2) is 0 Å². The molecular formula is C14H21NO3. The number of carbonyl (C=O) groups excluding carboxylic acids is 1. The average molecular weight is 251 g/mol. The lowest BCUT2D eigenvalue weighted by Crippen LogP contribution is -2.30. The molecule has 0 heterocycles. The molecule has 0 saturated heterocycles. The van der Waals surface area contributed by atoms with Crippen molar-refractivity contribution in [3.05, 3.63) is 29.8 Å². The summed E-state index contributed by atoms with van der Waals surface area (Å²) in [5.74, 6) is 0.572. The van der Waals surface area contributed by atoms with Crippen LogP contribution in [0.15, 0.2) is 24.3 Å². The third-order valence-corrected chi connectivity index (χ3v) is 2.59. The molecule has 0 spiro atoms. The van der Waals surface area contributed by atoms with Crippen LogP contribution >= 0.6 is 0 Å². The Balaban J connectivity index is 2.56. The van der Waals surface area contributed by atoms with Gasteiger partial charge in [0.05, 0.1) is 12.2 Å². The van der Waals surface area contributed by atoms with Crippen LogP contribution in [0.3, 0.4) is 0 Å². The number of aliphatic hydroxyl groups excluding tert-OH is 1. The SMILES string of the molecule is CCC(C)Oc1ccc(C(=O)NCC(C)O)cc1. The van der Waals surface area contributed by atoms with Gasteiger partial charge in [-0.1, -0.05) is 6.92 Å². The molecule has 0 saturated carbocycles. The fourth-order valence-corrected chi connectivity index (χ4v) is 1.34. The van der Waals surface area contributed by atoms with E-state index >= 15 is 0 Å². The molecule has 0 aliphatic heterocycles. The number of amides is 1. The molecule has 1 aromatic carbocycles. The summed E-state index contributed by atoms with van der Waals surface area (Å²) in [6.45, 7) is 5.94. The molecule has 1 amide bonds. The summed E-state index contributed by atoms with van der Waals surface area (Å²) in [5.41, 5.74) is 0.562. The van der Waals surface area contributed by atoms with E-state index in [1.165, 1.54) is 0 Å². The average Bonchev–Trinajstić information content (AvgIpc) is 2.36. The zero-order valence-electron chi connectivity index (χ0n) is 11.1. The first-order chi connectivity index (χ1) is 8.52. The number of rotatable bonds is 6. The van der Waals surface area contributed by atoms with Crippen LogP contribution in [0.1, 0.15) is 37.6 Å². The van der Waals surface area contributed by atoms with Crippen molar-refractivity contribution in [2.45, 2.75) is 39.4 Å². The van der Waals surface area contributed by atoms with Crippen molar-refractivity contribution in [3.63, 3.8) is 0 Å². The van der Waals surface area contributed by atoms with Gasteiger partial charge in [-0.15, -0.1) is 0 Å². The summed E-state index contributed by atoms with van der Waals surface area (Å²) in [4.78, 5) is 11.7. The zero-order chi connectivity index (χ0) is 13.5. The summed E-state index contributed by atoms with van der Waals surface area (Å²) in [7, 11) is 0. The highest BCUT2D eigenvalue weighted by molar-refractivity contribution is 5.94. The first-order valence-corrected chi connectivity index (χ1v) is 6.26. The molecule has 1 rings (SSSR count). The normalized spacial score (nSPS) is 13.8. The maximum atomic E-state index is 11.7. The molecule has 0 aliphatic carbocycles. The van der Waals surface area contributed by atoms with Gasteiger partial charge in [0, 0.05) is 12.1 Å². The van der Waals surface area contributed by atoms with Crippen LogP contribution in [-0.2, 0) is 0 Å². The summed E-state index contributed by atoms with van der Waals surface area (Å²) in [6, 6.07) is 7.00. The third-order valence-electron chi connectivity index (χ3n) is 2.59. The maximum Gasteiger partial charge on any atom is 0.251 e. The largest absolute Gasteiger partial charge is 0.491 e. The number of nitrogens with one attached hydrogen (secondary N) is 1. The van der Waals surface area contributed by atoms with Crippen LogP contribution in [0.25, 0.3) is 0 Å². The summed E-state index contributed by atoms with van der Waals surface area (Å²) >= 11 is 0. The molecular weight excluding hydrogens is 230 g/mol. The fraction of sp³-hybridized carbons (Fsp3) is 0.500. The molecule has 100 valence electrons. The molecule has 2 N–H and O–H groups in total. The van der Waals surface area contributed by atoms with E-state index in [0.29, 0.717) is 5.56 Å². The van der Waals surface area contributed by atoms with Gasteiger partial charge >= 0.3 is 0 Å². The van der Waals surface area contributed by atoms with Gasteiger partial charge in [-0.25, -0.2) is 0 Å². The molecule has 1 aromatic rings. The number of benzene rings is 1. The number of hydrogen-bond donors (Lipinski definition) is 2. The molecule has 0 bridgehead atoms. The minimum Gasteiger partial charge on any atom is -0.491 e. The van der Waals surface area contributed by atoms with Crippen molar-refractivity contribution in [1.29, 1.82) is 0 Å². The smallest absolute Gasteiger partial charge is 0.251 e. The standard InChI is InChI=1S/C14H21NO3/c1-4-11(3)18-13-7-5-12(6-8-13)14(17)15-9-10(2)16/h5-8,10-11,16H,4,9H2,1-3H3,(H,15,17). The Morgan fingerprint density at radius 2 is 1.94 bits per heavy atom. The van der Waals surface area contributed by atoms with Crippen LogP contribution in [0, 0.1) is 0 Å². The molecule has 2 unspecified atom stereocenters. The van der Waals surface area contributed by atoms with E-state index in [0.717, 1.165) is 12.2 Å². The van der Waals surface area contributed by atoms with Gasteiger partial charge in [-0.3, -0.25) is 4.79 Å². The van der Waals surface area contributed by atoms with Crippen LogP contribution in [-0.4, -0.2) is 29.8 Å². The Kier molecular flexibility index (Phi) is 5.65. The number of carbonyl (C=O) groups is 1. The molecule has 0 fully saturated rings. The second-order valence-corrected chi connectivity index (χ2v) is 4.42. The first-order valence-electron chi connectivity index (χ1n) is 6.26. The Morgan fingerprint density at radius 3 is 2.44 bits per heavy atom. The van der Waals surface area contributed by atoms with Crippen LogP contribution in [0.5, 0.6) is 5.75 Å². The molecule has 18 heavy (non-hydrogen) atoms. The van der Waals surface area contributed by atoms with E-state index in [4.69, 9.17) is 9.84 Å². The van der Waals surface area contributed by atoms with Gasteiger partial charge < -0.3 is 15.2 Å². The van der Waals surface area contributed by atoms with E-state index in [9.17, 15) is 4.79 Å². The van der Waals surface area contributed by atoms with Crippen molar-refractivity contribution in [2.24, 2.45) is 0 Å². The van der Waals surface area contributed by atoms with Crippen molar-refractivity contribution in [2.75, 3.05) is 6.54 Å². The van der Waals surface area contributed by atoms with E-state index in [2.05, 4.69) is 12.2 Å².